The second kappa shape index (κ2) is 5.79. The molecule has 7 nitrogen and oxygen atoms in total. The molecule has 0 aliphatic heterocycles. The van der Waals surface area contributed by atoms with Crippen LogP contribution in [0.25, 0.3) is 0 Å². The standard InChI is InChI=1S/C7H15N5O2S/c8-3-1-5-15(13,14)11-4-2-7-9-6-10-12-7/h6,11H,1-5,8H2,(H,9,10,12). The molecule has 0 aliphatic rings. The van der Waals surface area contributed by atoms with E-state index in [1.807, 2.05) is 0 Å². The lowest BCUT2D eigenvalue weighted by molar-refractivity contribution is 0.578. The first-order chi connectivity index (χ1) is 7.14. The van der Waals surface area contributed by atoms with Crippen molar-refractivity contribution in [2.24, 2.45) is 5.73 Å². The SMILES string of the molecule is NCCCS(=O)(=O)NCCc1ncn[nH]1. The largest absolute Gasteiger partial charge is 0.330 e. The molecule has 1 aromatic rings. The van der Waals surface area contributed by atoms with Crippen molar-refractivity contribution in [3.8, 4) is 0 Å². The summed E-state index contributed by atoms with van der Waals surface area (Å²) in [6.07, 6.45) is 2.36. The van der Waals surface area contributed by atoms with Crippen LogP contribution in [-0.2, 0) is 16.4 Å². The molecule has 4 N–H and O–H groups in total. The lowest BCUT2D eigenvalue weighted by Crippen LogP contribution is -2.29. The van der Waals surface area contributed by atoms with Crippen LogP contribution >= 0.6 is 0 Å². The molecule has 0 saturated heterocycles. The number of hydrogen-bond acceptors (Lipinski definition) is 5. The van der Waals surface area contributed by atoms with Gasteiger partial charge in [0.25, 0.3) is 0 Å². The maximum atomic E-state index is 11.3. The smallest absolute Gasteiger partial charge is 0.211 e. The van der Waals surface area contributed by atoms with Crippen molar-refractivity contribution in [2.45, 2.75) is 12.8 Å². The van der Waals surface area contributed by atoms with Gasteiger partial charge in [0.2, 0.25) is 10.0 Å². The molecule has 0 radical (unpaired) electrons. The van der Waals surface area contributed by atoms with E-state index in [0.29, 0.717) is 31.8 Å². The van der Waals surface area contributed by atoms with E-state index >= 15 is 0 Å². The van der Waals surface area contributed by atoms with Crippen molar-refractivity contribution in [2.75, 3.05) is 18.8 Å². The van der Waals surface area contributed by atoms with Crippen LogP contribution in [0.15, 0.2) is 6.33 Å². The summed E-state index contributed by atoms with van der Waals surface area (Å²) in [6.45, 7) is 0.700. The van der Waals surface area contributed by atoms with Gasteiger partial charge in [0.15, 0.2) is 0 Å². The third-order valence-corrected chi connectivity index (χ3v) is 3.24. The van der Waals surface area contributed by atoms with Crippen LogP contribution in [0, 0.1) is 0 Å². The minimum atomic E-state index is -3.19. The Hall–Kier alpha value is -0.990. The molecule has 1 heterocycles. The molecule has 86 valence electrons. The normalized spacial score (nSPS) is 11.8. The highest BCUT2D eigenvalue weighted by Gasteiger charge is 2.08. The molecule has 0 saturated carbocycles. The van der Waals surface area contributed by atoms with E-state index in [1.165, 1.54) is 6.33 Å². The summed E-state index contributed by atoms with van der Waals surface area (Å²) in [5.74, 6) is 0.733. The molecule has 0 unspecified atom stereocenters. The van der Waals surface area contributed by atoms with Gasteiger partial charge in [0, 0.05) is 13.0 Å². The number of sulfonamides is 1. The highest BCUT2D eigenvalue weighted by molar-refractivity contribution is 7.89. The fourth-order valence-corrected chi connectivity index (χ4v) is 2.13. The van der Waals surface area contributed by atoms with E-state index in [0.717, 1.165) is 0 Å². The van der Waals surface area contributed by atoms with Gasteiger partial charge in [-0.15, -0.1) is 0 Å². The van der Waals surface area contributed by atoms with Crippen LogP contribution in [0.4, 0.5) is 0 Å². The lowest BCUT2D eigenvalue weighted by Gasteiger charge is -2.04. The minimum absolute atomic E-state index is 0.0693. The summed E-state index contributed by atoms with van der Waals surface area (Å²) in [5, 5.41) is 6.31. The van der Waals surface area contributed by atoms with Gasteiger partial charge in [0.1, 0.15) is 12.2 Å². The van der Waals surface area contributed by atoms with Crippen molar-refractivity contribution in [1.82, 2.24) is 19.9 Å². The maximum Gasteiger partial charge on any atom is 0.211 e. The molecule has 1 aromatic heterocycles. The number of H-pyrrole nitrogens is 1. The van der Waals surface area contributed by atoms with Crippen LogP contribution in [0.1, 0.15) is 12.2 Å². The fraction of sp³-hybridized carbons (Fsp3) is 0.714. The zero-order valence-corrected chi connectivity index (χ0v) is 9.13. The fourth-order valence-electron chi connectivity index (χ4n) is 1.02. The maximum absolute atomic E-state index is 11.3. The quantitative estimate of drug-likeness (QED) is 0.537. The number of nitrogens with two attached hydrogens (primary N) is 1. The lowest BCUT2D eigenvalue weighted by atomic mass is 10.4. The Bertz CT molecular complexity index is 361. The first-order valence-electron chi connectivity index (χ1n) is 4.66. The molecule has 0 bridgehead atoms. The highest BCUT2D eigenvalue weighted by atomic mass is 32.2. The van der Waals surface area contributed by atoms with Crippen molar-refractivity contribution >= 4 is 10.0 Å². The van der Waals surface area contributed by atoms with Gasteiger partial charge in [-0.2, -0.15) is 5.10 Å². The molecule has 15 heavy (non-hydrogen) atoms. The van der Waals surface area contributed by atoms with Crippen LogP contribution in [0.2, 0.25) is 0 Å². The van der Waals surface area contributed by atoms with Crippen molar-refractivity contribution in [3.63, 3.8) is 0 Å². The number of aromatic nitrogens is 3. The summed E-state index contributed by atoms with van der Waals surface area (Å²) in [4.78, 5) is 3.88. The van der Waals surface area contributed by atoms with Crippen molar-refractivity contribution in [3.05, 3.63) is 12.2 Å². The Morgan fingerprint density at radius 2 is 2.33 bits per heavy atom. The van der Waals surface area contributed by atoms with Crippen LogP contribution in [-0.4, -0.2) is 42.4 Å². The van der Waals surface area contributed by atoms with Gasteiger partial charge in [0.05, 0.1) is 5.75 Å². The van der Waals surface area contributed by atoms with Crippen LogP contribution < -0.4 is 10.5 Å². The van der Waals surface area contributed by atoms with E-state index in [4.69, 9.17) is 5.73 Å². The average Bonchev–Trinajstić information content (AvgIpc) is 2.67. The van der Waals surface area contributed by atoms with Gasteiger partial charge < -0.3 is 5.73 Å². The summed E-state index contributed by atoms with van der Waals surface area (Å²) in [7, 11) is -3.19. The van der Waals surface area contributed by atoms with Gasteiger partial charge >= 0.3 is 0 Å². The Morgan fingerprint density at radius 3 is 2.93 bits per heavy atom. The van der Waals surface area contributed by atoms with E-state index in [9.17, 15) is 8.42 Å². The number of nitrogens with one attached hydrogen (secondary N) is 2. The highest BCUT2D eigenvalue weighted by Crippen LogP contribution is 1.90. The first kappa shape index (κ1) is 12.1. The van der Waals surface area contributed by atoms with Gasteiger partial charge in [-0.05, 0) is 13.0 Å². The monoisotopic (exact) mass is 233 g/mol. The Morgan fingerprint density at radius 1 is 1.53 bits per heavy atom. The summed E-state index contributed by atoms with van der Waals surface area (Å²) >= 11 is 0. The Labute approximate surface area is 88.5 Å². The molecular weight excluding hydrogens is 218 g/mol. The zero-order valence-electron chi connectivity index (χ0n) is 8.31. The van der Waals surface area contributed by atoms with E-state index < -0.39 is 10.0 Å². The van der Waals surface area contributed by atoms with Crippen LogP contribution in [0.5, 0.6) is 0 Å². The molecule has 0 aromatic carbocycles. The third-order valence-electron chi connectivity index (χ3n) is 1.77. The van der Waals surface area contributed by atoms with E-state index in [2.05, 4.69) is 19.9 Å². The predicted molar refractivity (Wildman–Crippen MR) is 55.5 cm³/mol. The second-order valence-corrected chi connectivity index (χ2v) is 4.96. The van der Waals surface area contributed by atoms with E-state index in [1.54, 1.807) is 0 Å². The number of hydrogen-bond donors (Lipinski definition) is 3. The summed E-state index contributed by atoms with van der Waals surface area (Å²) in [5.41, 5.74) is 5.23. The third kappa shape index (κ3) is 4.86. The minimum Gasteiger partial charge on any atom is -0.330 e. The van der Waals surface area contributed by atoms with Crippen molar-refractivity contribution < 1.29 is 8.42 Å². The number of rotatable bonds is 7. The van der Waals surface area contributed by atoms with Gasteiger partial charge in [-0.3, -0.25) is 5.10 Å². The van der Waals surface area contributed by atoms with Gasteiger partial charge in [-0.25, -0.2) is 18.1 Å². The molecule has 1 rings (SSSR count). The molecule has 0 amide bonds. The van der Waals surface area contributed by atoms with Crippen LogP contribution in [0.3, 0.4) is 0 Å². The number of nitrogens with zero attached hydrogens (tertiary/aromatic N) is 2. The molecule has 0 aliphatic carbocycles. The summed E-state index contributed by atoms with van der Waals surface area (Å²) < 4.78 is 25.1. The Balaban J connectivity index is 2.24. The number of aromatic amines is 1. The molecular formula is C7H15N5O2S. The molecule has 8 heteroatoms. The van der Waals surface area contributed by atoms with E-state index in [-0.39, 0.29) is 5.75 Å². The van der Waals surface area contributed by atoms with Crippen molar-refractivity contribution in [1.29, 1.82) is 0 Å². The van der Waals surface area contributed by atoms with Gasteiger partial charge in [-0.1, -0.05) is 0 Å². The zero-order chi connectivity index (χ0) is 11.1. The topological polar surface area (TPSA) is 114 Å². The Kier molecular flexibility index (Phi) is 4.66. The summed E-state index contributed by atoms with van der Waals surface area (Å²) in [6, 6.07) is 0. The predicted octanol–water partition coefficient (Wildman–Crippen LogP) is -1.38. The molecule has 0 fully saturated rings. The average molecular weight is 233 g/mol. The molecule has 0 spiro atoms. The first-order valence-corrected chi connectivity index (χ1v) is 6.31. The molecule has 0 atom stereocenters. The second-order valence-electron chi connectivity index (χ2n) is 3.04.